The summed E-state index contributed by atoms with van der Waals surface area (Å²) in [6.07, 6.45) is 0. The van der Waals surface area contributed by atoms with E-state index in [1.54, 1.807) is 42.5 Å². The van der Waals surface area contributed by atoms with E-state index < -0.39 is 5.91 Å². The number of amides is 2. The van der Waals surface area contributed by atoms with Gasteiger partial charge in [0.2, 0.25) is 5.91 Å². The zero-order chi connectivity index (χ0) is 15.2. The van der Waals surface area contributed by atoms with Crippen LogP contribution in [0.1, 0.15) is 10.4 Å². The number of nitrogens with two attached hydrogens (primary N) is 2. The third-order valence-electron chi connectivity index (χ3n) is 2.71. The summed E-state index contributed by atoms with van der Waals surface area (Å²) in [5, 5.41) is 2.61. The Morgan fingerprint density at radius 2 is 1.86 bits per heavy atom. The molecular weight excluding hydrogens is 270 g/mol. The van der Waals surface area contributed by atoms with Gasteiger partial charge in [-0.3, -0.25) is 9.59 Å². The Labute approximate surface area is 121 Å². The van der Waals surface area contributed by atoms with Crippen LogP contribution in [0.2, 0.25) is 0 Å². The number of rotatable bonds is 5. The second-order valence-corrected chi connectivity index (χ2v) is 4.32. The van der Waals surface area contributed by atoms with Gasteiger partial charge in [-0.15, -0.1) is 0 Å². The predicted octanol–water partition coefficient (Wildman–Crippen LogP) is 1.39. The van der Waals surface area contributed by atoms with Gasteiger partial charge in [0.25, 0.3) is 5.91 Å². The number of carbonyl (C=O) groups is 2. The number of ether oxygens (including phenoxy) is 1. The number of carbonyl (C=O) groups excluding carboxylic acids is 2. The number of nitrogen functional groups attached to an aromatic ring is 1. The molecule has 2 aromatic carbocycles. The highest BCUT2D eigenvalue weighted by atomic mass is 16.5. The van der Waals surface area contributed by atoms with E-state index in [0.717, 1.165) is 0 Å². The van der Waals surface area contributed by atoms with Crippen LogP contribution in [0, 0.1) is 0 Å². The van der Waals surface area contributed by atoms with Gasteiger partial charge in [0.1, 0.15) is 5.75 Å². The fraction of sp³-hybridized carbons (Fsp3) is 0.0667. The van der Waals surface area contributed by atoms with Crippen molar-refractivity contribution in [1.82, 2.24) is 0 Å². The summed E-state index contributed by atoms with van der Waals surface area (Å²) in [6.45, 7) is -0.186. The molecule has 6 heteroatoms. The summed E-state index contributed by atoms with van der Waals surface area (Å²) in [4.78, 5) is 22.8. The number of benzene rings is 2. The van der Waals surface area contributed by atoms with E-state index in [1.807, 2.05) is 0 Å². The highest BCUT2D eigenvalue weighted by Crippen LogP contribution is 2.19. The average molecular weight is 285 g/mol. The van der Waals surface area contributed by atoms with Crippen LogP contribution in [0.4, 0.5) is 11.4 Å². The third kappa shape index (κ3) is 3.97. The lowest BCUT2D eigenvalue weighted by Gasteiger charge is -2.09. The minimum absolute atomic E-state index is 0.186. The van der Waals surface area contributed by atoms with Crippen molar-refractivity contribution in [3.8, 4) is 5.75 Å². The molecule has 0 bridgehead atoms. The van der Waals surface area contributed by atoms with Crippen molar-refractivity contribution in [2.24, 2.45) is 5.73 Å². The molecule has 0 saturated heterocycles. The van der Waals surface area contributed by atoms with Crippen LogP contribution >= 0.6 is 0 Å². The summed E-state index contributed by atoms with van der Waals surface area (Å²) < 4.78 is 5.32. The molecule has 2 rings (SSSR count). The second-order valence-electron chi connectivity index (χ2n) is 4.32. The van der Waals surface area contributed by atoms with Crippen molar-refractivity contribution < 1.29 is 14.3 Å². The molecule has 0 fully saturated rings. The molecule has 0 radical (unpaired) electrons. The topological polar surface area (TPSA) is 107 Å². The van der Waals surface area contributed by atoms with Crippen LogP contribution in [0.3, 0.4) is 0 Å². The lowest BCUT2D eigenvalue weighted by Crippen LogP contribution is -2.21. The molecule has 5 N–H and O–H groups in total. The normalized spacial score (nSPS) is 9.90. The lowest BCUT2D eigenvalue weighted by molar-refractivity contribution is -0.118. The highest BCUT2D eigenvalue weighted by Gasteiger charge is 2.07. The Bertz CT molecular complexity index is 671. The van der Waals surface area contributed by atoms with Gasteiger partial charge in [0, 0.05) is 11.3 Å². The molecule has 21 heavy (non-hydrogen) atoms. The van der Waals surface area contributed by atoms with Gasteiger partial charge in [-0.1, -0.05) is 18.2 Å². The van der Waals surface area contributed by atoms with Gasteiger partial charge in [-0.05, 0) is 30.3 Å². The monoisotopic (exact) mass is 285 g/mol. The zero-order valence-electron chi connectivity index (χ0n) is 11.2. The zero-order valence-corrected chi connectivity index (χ0v) is 11.2. The summed E-state index contributed by atoms with van der Waals surface area (Å²) in [5.74, 6) is -0.474. The lowest BCUT2D eigenvalue weighted by atomic mass is 10.2. The number of nitrogens with one attached hydrogen (secondary N) is 1. The Kier molecular flexibility index (Phi) is 4.40. The summed E-state index contributed by atoms with van der Waals surface area (Å²) in [6, 6.07) is 13.3. The maximum Gasteiger partial charge on any atom is 0.262 e. The Morgan fingerprint density at radius 1 is 1.10 bits per heavy atom. The van der Waals surface area contributed by atoms with Crippen LogP contribution in [0.5, 0.6) is 5.75 Å². The Balaban J connectivity index is 1.95. The van der Waals surface area contributed by atoms with Crippen molar-refractivity contribution in [2.45, 2.75) is 0 Å². The molecule has 108 valence electrons. The van der Waals surface area contributed by atoms with Crippen molar-refractivity contribution >= 4 is 23.2 Å². The van der Waals surface area contributed by atoms with E-state index in [0.29, 0.717) is 22.7 Å². The standard InChI is InChI=1S/C15H15N3O3/c16-12-6-1-2-7-13(12)21-9-14(19)18-11-5-3-4-10(8-11)15(17)20/h1-8H,9,16H2,(H2,17,20)(H,18,19). The number of anilines is 2. The van der Waals surface area contributed by atoms with Gasteiger partial charge >= 0.3 is 0 Å². The first-order valence-corrected chi connectivity index (χ1v) is 6.23. The maximum atomic E-state index is 11.8. The van der Waals surface area contributed by atoms with Crippen LogP contribution in [0.15, 0.2) is 48.5 Å². The number of hydrogen-bond acceptors (Lipinski definition) is 4. The summed E-state index contributed by atoms with van der Waals surface area (Å²) in [5.41, 5.74) is 12.1. The number of hydrogen-bond donors (Lipinski definition) is 3. The first kappa shape index (κ1) is 14.4. The van der Waals surface area contributed by atoms with Crippen molar-refractivity contribution in [3.05, 3.63) is 54.1 Å². The summed E-state index contributed by atoms with van der Waals surface area (Å²) in [7, 11) is 0. The molecule has 0 aliphatic rings. The molecule has 2 aromatic rings. The fourth-order valence-corrected chi connectivity index (χ4v) is 1.70. The minimum atomic E-state index is -0.556. The van der Waals surface area contributed by atoms with Crippen LogP contribution in [-0.4, -0.2) is 18.4 Å². The highest BCUT2D eigenvalue weighted by molar-refractivity contribution is 5.96. The molecule has 0 saturated carbocycles. The number of para-hydroxylation sites is 2. The minimum Gasteiger partial charge on any atom is -0.482 e. The second kappa shape index (κ2) is 6.42. The third-order valence-corrected chi connectivity index (χ3v) is 2.71. The van der Waals surface area contributed by atoms with Crippen molar-refractivity contribution in [1.29, 1.82) is 0 Å². The van der Waals surface area contributed by atoms with E-state index in [1.165, 1.54) is 6.07 Å². The quantitative estimate of drug-likeness (QED) is 0.721. The van der Waals surface area contributed by atoms with E-state index in [9.17, 15) is 9.59 Å². The van der Waals surface area contributed by atoms with Gasteiger partial charge in [-0.25, -0.2) is 0 Å². The Hall–Kier alpha value is -3.02. The number of primary amides is 1. The molecule has 0 aliphatic heterocycles. The van der Waals surface area contributed by atoms with Crippen LogP contribution in [-0.2, 0) is 4.79 Å². The van der Waals surface area contributed by atoms with Crippen molar-refractivity contribution in [2.75, 3.05) is 17.7 Å². The molecule has 0 unspecified atom stereocenters. The van der Waals surface area contributed by atoms with E-state index >= 15 is 0 Å². The molecule has 0 aromatic heterocycles. The van der Waals surface area contributed by atoms with Crippen LogP contribution in [0.25, 0.3) is 0 Å². The fourth-order valence-electron chi connectivity index (χ4n) is 1.70. The smallest absolute Gasteiger partial charge is 0.262 e. The molecule has 0 heterocycles. The van der Waals surface area contributed by atoms with Gasteiger partial charge in [-0.2, -0.15) is 0 Å². The van der Waals surface area contributed by atoms with E-state index in [-0.39, 0.29) is 12.5 Å². The van der Waals surface area contributed by atoms with Gasteiger partial charge < -0.3 is 21.5 Å². The van der Waals surface area contributed by atoms with Crippen molar-refractivity contribution in [3.63, 3.8) is 0 Å². The molecule has 6 nitrogen and oxygen atoms in total. The molecular formula is C15H15N3O3. The first-order valence-electron chi connectivity index (χ1n) is 6.23. The summed E-state index contributed by atoms with van der Waals surface area (Å²) >= 11 is 0. The van der Waals surface area contributed by atoms with E-state index in [2.05, 4.69) is 5.32 Å². The molecule has 0 aliphatic carbocycles. The first-order chi connectivity index (χ1) is 10.1. The molecule has 2 amide bonds. The molecule has 0 atom stereocenters. The maximum absolute atomic E-state index is 11.8. The largest absolute Gasteiger partial charge is 0.482 e. The molecule has 0 spiro atoms. The van der Waals surface area contributed by atoms with Gasteiger partial charge in [0.15, 0.2) is 6.61 Å². The Morgan fingerprint density at radius 3 is 2.57 bits per heavy atom. The SMILES string of the molecule is NC(=O)c1cccc(NC(=O)COc2ccccc2N)c1. The van der Waals surface area contributed by atoms with E-state index in [4.69, 9.17) is 16.2 Å². The predicted molar refractivity (Wildman–Crippen MR) is 79.9 cm³/mol. The average Bonchev–Trinajstić information content (AvgIpc) is 2.46. The van der Waals surface area contributed by atoms with Gasteiger partial charge in [0.05, 0.1) is 5.69 Å². The van der Waals surface area contributed by atoms with Crippen LogP contribution < -0.4 is 21.5 Å².